The maximum absolute atomic E-state index is 13.0. The first-order valence-electron chi connectivity index (χ1n) is 10.3. The third kappa shape index (κ3) is 4.26. The van der Waals surface area contributed by atoms with Gasteiger partial charge in [-0.3, -0.25) is 19.3 Å². The standard InChI is InChI=1S/C21H18Br2ClF3N2O5/c1-7(29-18(31)14-9-5-10(15(14)19(29)32)17(23)16(9)22)20(33)34-6-13(30)28-12-4-8(21(25,26)27)2-3-11(12)24/h2-4,7,9-10,14-17H,5-6H2,1H3,(H,28,30)/t7-,9-,10-,14-,15+,16+,17+/m1/s1. The minimum Gasteiger partial charge on any atom is -0.454 e. The molecule has 1 saturated heterocycles. The summed E-state index contributed by atoms with van der Waals surface area (Å²) in [5, 5.41) is 2.03. The van der Waals surface area contributed by atoms with Gasteiger partial charge in [0.25, 0.3) is 5.91 Å². The molecule has 0 unspecified atom stereocenters. The van der Waals surface area contributed by atoms with Gasteiger partial charge in [0.05, 0.1) is 28.1 Å². The molecule has 3 aliphatic rings. The summed E-state index contributed by atoms with van der Waals surface area (Å²) >= 11 is 13.0. The van der Waals surface area contributed by atoms with Crippen LogP contribution in [0.5, 0.6) is 0 Å². The highest BCUT2D eigenvalue weighted by atomic mass is 79.9. The molecule has 0 aromatic heterocycles. The number of alkyl halides is 5. The molecule has 1 heterocycles. The van der Waals surface area contributed by atoms with E-state index in [-0.39, 0.29) is 32.2 Å². The van der Waals surface area contributed by atoms with E-state index in [1.807, 2.05) is 0 Å². The van der Waals surface area contributed by atoms with Crippen LogP contribution >= 0.6 is 43.5 Å². The Labute approximate surface area is 213 Å². The monoisotopic (exact) mass is 628 g/mol. The summed E-state index contributed by atoms with van der Waals surface area (Å²) in [6.45, 7) is 0.497. The largest absolute Gasteiger partial charge is 0.454 e. The van der Waals surface area contributed by atoms with E-state index >= 15 is 0 Å². The SMILES string of the molecule is C[C@H](C(=O)OCC(=O)Nc1cc(C(F)(F)F)ccc1Cl)N1C(=O)[C@@H]2[C@H]3C[C@@H]([C@H](Br)[C@H]3Br)[C@@H]2C1=O. The van der Waals surface area contributed by atoms with E-state index in [1.54, 1.807) is 0 Å². The normalized spacial score (nSPS) is 31.0. The zero-order valence-electron chi connectivity index (χ0n) is 17.4. The lowest BCUT2D eigenvalue weighted by Gasteiger charge is -2.28. The van der Waals surface area contributed by atoms with E-state index in [4.69, 9.17) is 16.3 Å². The first-order chi connectivity index (χ1) is 15.8. The first-order valence-corrected chi connectivity index (χ1v) is 12.5. The summed E-state index contributed by atoms with van der Waals surface area (Å²) < 4.78 is 43.6. The second-order valence-electron chi connectivity index (χ2n) is 8.57. The Morgan fingerprint density at radius 2 is 1.74 bits per heavy atom. The van der Waals surface area contributed by atoms with Crippen molar-refractivity contribution in [3.63, 3.8) is 0 Å². The van der Waals surface area contributed by atoms with Crippen molar-refractivity contribution in [2.45, 2.75) is 35.2 Å². The molecule has 2 bridgehead atoms. The van der Waals surface area contributed by atoms with Gasteiger partial charge in [0, 0.05) is 9.65 Å². The number of rotatable bonds is 5. The molecule has 7 nitrogen and oxygen atoms in total. The Morgan fingerprint density at radius 1 is 1.18 bits per heavy atom. The number of nitrogens with zero attached hydrogens (tertiary/aromatic N) is 1. The number of hydrogen-bond acceptors (Lipinski definition) is 5. The number of carbonyl (C=O) groups excluding carboxylic acids is 4. The number of fused-ring (bicyclic) bond motifs is 5. The highest BCUT2D eigenvalue weighted by Gasteiger charge is 2.67. The Morgan fingerprint density at radius 3 is 2.26 bits per heavy atom. The van der Waals surface area contributed by atoms with E-state index in [0.717, 1.165) is 23.5 Å². The van der Waals surface area contributed by atoms with Crippen LogP contribution in [0, 0.1) is 23.7 Å². The third-order valence-corrected chi connectivity index (χ3v) is 10.2. The number of halogens is 6. The van der Waals surface area contributed by atoms with Crippen LogP contribution in [0.4, 0.5) is 18.9 Å². The van der Waals surface area contributed by atoms with Crippen LogP contribution in [0.25, 0.3) is 0 Å². The van der Waals surface area contributed by atoms with Gasteiger partial charge in [0.2, 0.25) is 11.8 Å². The number of nitrogens with one attached hydrogen (secondary N) is 1. The number of carbonyl (C=O) groups is 4. The molecule has 4 rings (SSSR count). The van der Waals surface area contributed by atoms with Crippen LogP contribution in [0.1, 0.15) is 18.9 Å². The van der Waals surface area contributed by atoms with Crippen LogP contribution in [-0.4, -0.2) is 50.9 Å². The van der Waals surface area contributed by atoms with Gasteiger partial charge in [-0.25, -0.2) is 4.79 Å². The van der Waals surface area contributed by atoms with Gasteiger partial charge in [-0.1, -0.05) is 43.5 Å². The summed E-state index contributed by atoms with van der Waals surface area (Å²) in [6.07, 6.45) is -3.90. The minimum atomic E-state index is -4.64. The average molecular weight is 631 g/mol. The van der Waals surface area contributed by atoms with Crippen LogP contribution in [0.2, 0.25) is 5.02 Å². The van der Waals surface area contributed by atoms with Gasteiger partial charge >= 0.3 is 12.1 Å². The predicted octanol–water partition coefficient (Wildman–Crippen LogP) is 4.01. The lowest BCUT2D eigenvalue weighted by atomic mass is 9.81. The Bertz CT molecular complexity index is 1040. The molecule has 34 heavy (non-hydrogen) atoms. The van der Waals surface area contributed by atoms with E-state index < -0.39 is 59.9 Å². The summed E-state index contributed by atoms with van der Waals surface area (Å²) in [5.41, 5.74) is -1.31. The molecule has 7 atom stereocenters. The Hall–Kier alpha value is -1.66. The predicted molar refractivity (Wildman–Crippen MR) is 121 cm³/mol. The average Bonchev–Trinajstić information content (AvgIpc) is 3.37. The zero-order chi connectivity index (χ0) is 25.1. The number of imide groups is 1. The van der Waals surface area contributed by atoms with Gasteiger partial charge in [0.1, 0.15) is 6.04 Å². The highest BCUT2D eigenvalue weighted by molar-refractivity contribution is 9.12. The van der Waals surface area contributed by atoms with Crippen molar-refractivity contribution in [1.82, 2.24) is 4.90 Å². The second kappa shape index (κ2) is 9.09. The minimum absolute atomic E-state index is 0.0213. The number of anilines is 1. The van der Waals surface area contributed by atoms with E-state index in [9.17, 15) is 32.3 Å². The van der Waals surface area contributed by atoms with Crippen molar-refractivity contribution >= 4 is 72.8 Å². The topological polar surface area (TPSA) is 92.8 Å². The molecule has 3 amide bonds. The van der Waals surface area contributed by atoms with Gasteiger partial charge in [-0.05, 0) is 43.4 Å². The van der Waals surface area contributed by atoms with Crippen LogP contribution in [-0.2, 0) is 30.1 Å². The van der Waals surface area contributed by atoms with Gasteiger partial charge in [0.15, 0.2) is 6.61 Å². The maximum Gasteiger partial charge on any atom is 0.416 e. The lowest BCUT2D eigenvalue weighted by Crippen LogP contribution is -2.45. The molecule has 1 N–H and O–H groups in total. The van der Waals surface area contributed by atoms with Crippen molar-refractivity contribution in [2.75, 3.05) is 11.9 Å². The molecule has 184 valence electrons. The van der Waals surface area contributed by atoms with Crippen molar-refractivity contribution in [1.29, 1.82) is 0 Å². The number of esters is 1. The number of ether oxygens (including phenoxy) is 1. The molecule has 2 aliphatic carbocycles. The number of amides is 3. The zero-order valence-corrected chi connectivity index (χ0v) is 21.4. The first kappa shape index (κ1) is 25.4. The van der Waals surface area contributed by atoms with Crippen molar-refractivity contribution in [3.05, 3.63) is 28.8 Å². The quantitative estimate of drug-likeness (QED) is 0.302. The van der Waals surface area contributed by atoms with Gasteiger partial charge in [-0.15, -0.1) is 0 Å². The molecule has 3 fully saturated rings. The maximum atomic E-state index is 13.0. The molecule has 2 saturated carbocycles. The van der Waals surface area contributed by atoms with Gasteiger partial charge in [-0.2, -0.15) is 13.2 Å². The van der Waals surface area contributed by atoms with Crippen molar-refractivity contribution in [2.24, 2.45) is 23.7 Å². The van der Waals surface area contributed by atoms with Crippen molar-refractivity contribution in [3.8, 4) is 0 Å². The summed E-state index contributed by atoms with van der Waals surface area (Å²) in [5.74, 6) is -3.83. The summed E-state index contributed by atoms with van der Waals surface area (Å²) in [7, 11) is 0. The molecular formula is C21H18Br2ClF3N2O5. The highest BCUT2D eigenvalue weighted by Crippen LogP contribution is 2.60. The molecule has 1 aliphatic heterocycles. The number of benzene rings is 1. The fourth-order valence-corrected chi connectivity index (χ4v) is 7.14. The fraction of sp³-hybridized carbons (Fsp3) is 0.524. The molecule has 0 spiro atoms. The van der Waals surface area contributed by atoms with E-state index in [0.29, 0.717) is 6.07 Å². The second-order valence-corrected chi connectivity index (χ2v) is 11.1. The van der Waals surface area contributed by atoms with Crippen LogP contribution < -0.4 is 5.32 Å². The third-order valence-electron chi connectivity index (χ3n) is 6.66. The van der Waals surface area contributed by atoms with Crippen molar-refractivity contribution < 1.29 is 37.1 Å². The van der Waals surface area contributed by atoms with Gasteiger partial charge < -0.3 is 10.1 Å². The molecule has 0 radical (unpaired) electrons. The molecular weight excluding hydrogens is 612 g/mol. The van der Waals surface area contributed by atoms with Crippen LogP contribution in [0.15, 0.2) is 18.2 Å². The molecule has 1 aromatic rings. The summed E-state index contributed by atoms with van der Waals surface area (Å²) in [6, 6.07) is 1.16. The smallest absolute Gasteiger partial charge is 0.416 e. The number of hydrogen-bond donors (Lipinski definition) is 1. The molecule has 13 heteroatoms. The fourth-order valence-electron chi connectivity index (χ4n) is 5.10. The van der Waals surface area contributed by atoms with E-state index in [1.165, 1.54) is 6.92 Å². The molecule has 1 aromatic carbocycles. The number of likely N-dealkylation sites (tertiary alicyclic amines) is 1. The lowest BCUT2D eigenvalue weighted by molar-refractivity contribution is -0.159. The Kier molecular flexibility index (Phi) is 6.80. The Balaban J connectivity index is 1.37. The summed E-state index contributed by atoms with van der Waals surface area (Å²) in [4.78, 5) is 51.6. The van der Waals surface area contributed by atoms with Crippen LogP contribution in [0.3, 0.4) is 0 Å². The van der Waals surface area contributed by atoms with E-state index in [2.05, 4.69) is 37.2 Å².